The highest BCUT2D eigenvalue weighted by molar-refractivity contribution is 5.80. The molecule has 0 spiro atoms. The van der Waals surface area contributed by atoms with E-state index in [2.05, 4.69) is 15.2 Å². The van der Waals surface area contributed by atoms with E-state index in [0.717, 1.165) is 11.1 Å². The summed E-state index contributed by atoms with van der Waals surface area (Å²) < 4.78 is 11.2. The monoisotopic (exact) mass is 367 g/mol. The fraction of sp³-hybridized carbons (Fsp3) is 0.167. The van der Waals surface area contributed by atoms with Crippen molar-refractivity contribution in [2.24, 2.45) is 5.10 Å². The highest BCUT2D eigenvalue weighted by Crippen LogP contribution is 2.25. The van der Waals surface area contributed by atoms with Gasteiger partial charge in [-0.3, -0.25) is 10.1 Å². The standard InChI is InChI=1S/C18H17N5O4/c1-13-7-16(4-5-17(13)23(24)25)27-10-15-8-14(3-6-18(15)26-2)9-20-22-12-19-11-21-22/h3-9,11-12H,10H2,1-2H3. The molecule has 0 aliphatic carbocycles. The van der Waals surface area contributed by atoms with Crippen LogP contribution in [0.2, 0.25) is 0 Å². The van der Waals surface area contributed by atoms with Gasteiger partial charge in [0.1, 0.15) is 30.8 Å². The lowest BCUT2D eigenvalue weighted by atomic mass is 10.1. The van der Waals surface area contributed by atoms with Gasteiger partial charge >= 0.3 is 0 Å². The Kier molecular flexibility index (Phi) is 5.41. The van der Waals surface area contributed by atoms with Gasteiger partial charge in [-0.05, 0) is 42.8 Å². The van der Waals surface area contributed by atoms with Gasteiger partial charge in [-0.25, -0.2) is 4.98 Å². The van der Waals surface area contributed by atoms with Gasteiger partial charge in [0.2, 0.25) is 0 Å². The molecule has 0 radical (unpaired) electrons. The van der Waals surface area contributed by atoms with Gasteiger partial charge in [-0.1, -0.05) is 0 Å². The summed E-state index contributed by atoms with van der Waals surface area (Å²) in [6, 6.07) is 10.2. The van der Waals surface area contributed by atoms with E-state index in [1.54, 1.807) is 32.4 Å². The number of aryl methyl sites for hydroxylation is 1. The maximum Gasteiger partial charge on any atom is 0.272 e. The van der Waals surface area contributed by atoms with E-state index in [1.807, 2.05) is 18.2 Å². The number of hydrogen-bond acceptors (Lipinski definition) is 7. The number of nitrogens with zero attached hydrogens (tertiary/aromatic N) is 5. The van der Waals surface area contributed by atoms with Crippen molar-refractivity contribution in [2.75, 3.05) is 7.11 Å². The summed E-state index contributed by atoms with van der Waals surface area (Å²) in [5.74, 6) is 1.22. The first kappa shape index (κ1) is 18.1. The fourth-order valence-corrected chi connectivity index (χ4v) is 2.46. The molecule has 3 aromatic rings. The van der Waals surface area contributed by atoms with Gasteiger partial charge < -0.3 is 9.47 Å². The van der Waals surface area contributed by atoms with Crippen molar-refractivity contribution in [3.63, 3.8) is 0 Å². The first-order valence-electron chi connectivity index (χ1n) is 8.00. The third kappa shape index (κ3) is 4.46. The number of aromatic nitrogens is 3. The Balaban J connectivity index is 1.76. The van der Waals surface area contributed by atoms with Crippen LogP contribution in [0.5, 0.6) is 11.5 Å². The number of rotatable bonds is 7. The molecular weight excluding hydrogens is 350 g/mol. The predicted octanol–water partition coefficient (Wildman–Crippen LogP) is 2.96. The van der Waals surface area contributed by atoms with Crippen LogP contribution in [-0.4, -0.2) is 33.1 Å². The number of ether oxygens (including phenoxy) is 2. The summed E-state index contributed by atoms with van der Waals surface area (Å²) in [7, 11) is 1.58. The Morgan fingerprint density at radius 3 is 2.81 bits per heavy atom. The van der Waals surface area contributed by atoms with Gasteiger partial charge in [0.15, 0.2) is 0 Å². The molecule has 9 heteroatoms. The second-order valence-electron chi connectivity index (χ2n) is 5.63. The SMILES string of the molecule is COc1ccc(C=Nn2cncn2)cc1COc1ccc([N+](=O)[O-])c(C)c1. The van der Waals surface area contributed by atoms with E-state index in [9.17, 15) is 10.1 Å². The minimum absolute atomic E-state index is 0.0613. The average molecular weight is 367 g/mol. The molecule has 27 heavy (non-hydrogen) atoms. The van der Waals surface area contributed by atoms with E-state index >= 15 is 0 Å². The number of nitro groups is 1. The highest BCUT2D eigenvalue weighted by atomic mass is 16.6. The van der Waals surface area contributed by atoms with Gasteiger partial charge in [-0.2, -0.15) is 5.10 Å². The van der Waals surface area contributed by atoms with Crippen LogP contribution in [0.4, 0.5) is 5.69 Å². The summed E-state index contributed by atoms with van der Waals surface area (Å²) >= 11 is 0. The van der Waals surface area contributed by atoms with Crippen molar-refractivity contribution in [1.82, 2.24) is 14.9 Å². The van der Waals surface area contributed by atoms with Gasteiger partial charge in [0.05, 0.1) is 18.2 Å². The topological polar surface area (TPSA) is 105 Å². The van der Waals surface area contributed by atoms with E-state index in [4.69, 9.17) is 9.47 Å². The van der Waals surface area contributed by atoms with Crippen LogP contribution in [-0.2, 0) is 6.61 Å². The molecule has 0 unspecified atom stereocenters. The molecule has 0 N–H and O–H groups in total. The fourth-order valence-electron chi connectivity index (χ4n) is 2.46. The zero-order chi connectivity index (χ0) is 19.2. The lowest BCUT2D eigenvalue weighted by Crippen LogP contribution is -2.01. The van der Waals surface area contributed by atoms with Crippen molar-refractivity contribution in [2.45, 2.75) is 13.5 Å². The largest absolute Gasteiger partial charge is 0.496 e. The molecule has 138 valence electrons. The van der Waals surface area contributed by atoms with E-state index in [-0.39, 0.29) is 12.3 Å². The van der Waals surface area contributed by atoms with Crippen molar-refractivity contribution in [3.05, 3.63) is 75.9 Å². The quantitative estimate of drug-likeness (QED) is 0.361. The minimum atomic E-state index is -0.417. The molecule has 0 saturated heterocycles. The molecule has 1 aromatic heterocycles. The lowest BCUT2D eigenvalue weighted by molar-refractivity contribution is -0.385. The van der Waals surface area contributed by atoms with E-state index in [0.29, 0.717) is 17.1 Å². The summed E-state index contributed by atoms with van der Waals surface area (Å²) in [5.41, 5.74) is 2.25. The molecule has 0 aliphatic rings. The van der Waals surface area contributed by atoms with Crippen LogP contribution in [0.15, 0.2) is 54.2 Å². The highest BCUT2D eigenvalue weighted by Gasteiger charge is 2.11. The maximum atomic E-state index is 10.9. The molecule has 1 heterocycles. The molecule has 2 aromatic carbocycles. The minimum Gasteiger partial charge on any atom is -0.496 e. The van der Waals surface area contributed by atoms with Crippen molar-refractivity contribution in [1.29, 1.82) is 0 Å². The van der Waals surface area contributed by atoms with Crippen LogP contribution < -0.4 is 9.47 Å². The summed E-state index contributed by atoms with van der Waals surface area (Å²) in [4.78, 5) is 15.7. The van der Waals surface area contributed by atoms with Crippen LogP contribution >= 0.6 is 0 Å². The van der Waals surface area contributed by atoms with Crippen LogP contribution in [0.3, 0.4) is 0 Å². The number of methoxy groups -OCH3 is 1. The Labute approximate surface area is 155 Å². The first-order chi connectivity index (χ1) is 13.1. The summed E-state index contributed by atoms with van der Waals surface area (Å²) in [6.45, 7) is 1.91. The predicted molar refractivity (Wildman–Crippen MR) is 98.2 cm³/mol. The van der Waals surface area contributed by atoms with Gasteiger partial charge in [0, 0.05) is 17.2 Å². The van der Waals surface area contributed by atoms with Crippen LogP contribution in [0.1, 0.15) is 16.7 Å². The first-order valence-corrected chi connectivity index (χ1v) is 8.00. The zero-order valence-corrected chi connectivity index (χ0v) is 14.8. The molecule has 0 aliphatic heterocycles. The Morgan fingerprint density at radius 1 is 1.30 bits per heavy atom. The summed E-state index contributed by atoms with van der Waals surface area (Å²) in [5, 5.41) is 19.0. The number of hydrogen-bond donors (Lipinski definition) is 0. The Bertz CT molecular complexity index is 970. The van der Waals surface area contributed by atoms with E-state index < -0.39 is 4.92 Å². The molecule has 0 saturated carbocycles. The maximum absolute atomic E-state index is 10.9. The molecule has 3 rings (SSSR count). The third-order valence-electron chi connectivity index (χ3n) is 3.80. The van der Waals surface area contributed by atoms with E-state index in [1.165, 1.54) is 23.5 Å². The lowest BCUT2D eigenvalue weighted by Gasteiger charge is -2.11. The number of nitro benzene ring substituents is 1. The van der Waals surface area contributed by atoms with Crippen LogP contribution in [0, 0.1) is 17.0 Å². The van der Waals surface area contributed by atoms with Gasteiger partial charge in [-0.15, -0.1) is 9.89 Å². The van der Waals surface area contributed by atoms with Crippen molar-refractivity contribution in [3.8, 4) is 11.5 Å². The second-order valence-corrected chi connectivity index (χ2v) is 5.63. The third-order valence-corrected chi connectivity index (χ3v) is 3.80. The Morgan fingerprint density at radius 2 is 2.15 bits per heavy atom. The van der Waals surface area contributed by atoms with Crippen LogP contribution in [0.25, 0.3) is 0 Å². The molecule has 0 atom stereocenters. The normalized spacial score (nSPS) is 10.9. The van der Waals surface area contributed by atoms with Crippen molar-refractivity contribution < 1.29 is 14.4 Å². The Hall–Kier alpha value is -3.75. The zero-order valence-electron chi connectivity index (χ0n) is 14.8. The number of benzene rings is 2. The smallest absolute Gasteiger partial charge is 0.272 e. The van der Waals surface area contributed by atoms with Gasteiger partial charge in [0.25, 0.3) is 5.69 Å². The van der Waals surface area contributed by atoms with Crippen molar-refractivity contribution >= 4 is 11.9 Å². The molecule has 9 nitrogen and oxygen atoms in total. The molecule has 0 bridgehead atoms. The molecule has 0 fully saturated rings. The second kappa shape index (κ2) is 8.09. The molecule has 0 amide bonds. The summed E-state index contributed by atoms with van der Waals surface area (Å²) in [6.07, 6.45) is 4.53. The average Bonchev–Trinajstić information content (AvgIpc) is 3.18. The molecular formula is C18H17N5O4.